The van der Waals surface area contributed by atoms with Crippen LogP contribution in [0.25, 0.3) is 0 Å². The van der Waals surface area contributed by atoms with Gasteiger partial charge in [-0.05, 0) is 19.9 Å². The number of hydrogen-bond donors (Lipinski definition) is 2. The van der Waals surface area contributed by atoms with Crippen molar-refractivity contribution in [2.45, 2.75) is 18.7 Å². The van der Waals surface area contributed by atoms with Gasteiger partial charge in [-0.3, -0.25) is 14.9 Å². The number of carbonyl (C=O) groups excluding carboxylic acids is 1. The second kappa shape index (κ2) is 8.06. The van der Waals surface area contributed by atoms with E-state index in [0.29, 0.717) is 13.1 Å². The van der Waals surface area contributed by atoms with Gasteiger partial charge in [-0.25, -0.2) is 8.42 Å². The Balaban J connectivity index is 3.68. The summed E-state index contributed by atoms with van der Waals surface area (Å²) in [4.78, 5) is 24.1. The van der Waals surface area contributed by atoms with Crippen LogP contribution in [0.1, 0.15) is 24.2 Å². The Hall–Kier alpha value is -2.20. The van der Waals surface area contributed by atoms with Crippen LogP contribution in [0.5, 0.6) is 0 Å². The summed E-state index contributed by atoms with van der Waals surface area (Å²) < 4.78 is 24.1. The van der Waals surface area contributed by atoms with E-state index in [1.165, 1.54) is 6.07 Å². The number of sulfone groups is 1. The molecule has 1 amide bonds. The zero-order chi connectivity index (χ0) is 18.5. The highest BCUT2D eigenvalue weighted by atomic mass is 32.2. The molecule has 0 aromatic heterocycles. The van der Waals surface area contributed by atoms with Gasteiger partial charge in [-0.15, -0.1) is 0 Å². The Kier molecular flexibility index (Phi) is 6.67. The number of nitro groups is 1. The van der Waals surface area contributed by atoms with Gasteiger partial charge >= 0.3 is 0 Å². The van der Waals surface area contributed by atoms with Gasteiger partial charge in [0.15, 0.2) is 9.84 Å². The third kappa shape index (κ3) is 4.42. The van der Waals surface area contributed by atoms with Crippen LogP contribution in [0, 0.1) is 10.1 Å². The molecule has 1 rings (SSSR count). The van der Waals surface area contributed by atoms with Crippen molar-refractivity contribution in [1.82, 2.24) is 5.32 Å². The van der Waals surface area contributed by atoms with Crippen LogP contribution in [-0.2, 0) is 9.84 Å². The predicted molar refractivity (Wildman–Crippen MR) is 89.2 cm³/mol. The van der Waals surface area contributed by atoms with E-state index < -0.39 is 26.4 Å². The lowest BCUT2D eigenvalue weighted by Gasteiger charge is -2.24. The number of amides is 1. The average Bonchev–Trinajstić information content (AvgIpc) is 2.52. The lowest BCUT2D eigenvalue weighted by Crippen LogP contribution is -2.29. The summed E-state index contributed by atoms with van der Waals surface area (Å²) in [6.07, 6.45) is 0.963. The van der Waals surface area contributed by atoms with E-state index in [1.54, 1.807) is 4.90 Å². The second-order valence-corrected chi connectivity index (χ2v) is 7.00. The van der Waals surface area contributed by atoms with Gasteiger partial charge in [0.05, 0.1) is 22.1 Å². The molecule has 10 heteroatoms. The first kappa shape index (κ1) is 19.8. The Morgan fingerprint density at radius 1 is 1.33 bits per heavy atom. The van der Waals surface area contributed by atoms with E-state index >= 15 is 0 Å². The van der Waals surface area contributed by atoms with Gasteiger partial charge in [0.25, 0.3) is 11.6 Å². The van der Waals surface area contributed by atoms with Crippen molar-refractivity contribution in [3.8, 4) is 0 Å². The maximum Gasteiger partial charge on any atom is 0.283 e. The maximum absolute atomic E-state index is 12.1. The van der Waals surface area contributed by atoms with Crippen molar-refractivity contribution in [2.24, 2.45) is 0 Å². The smallest absolute Gasteiger partial charge is 0.283 e. The standard InChI is InChI=1S/C14H21N3O6S/c1-4-16(5-2)12-8-10(14(19)15-6-7-18)11(17(20)21)9-13(12)24(3,22)23/h8-9,18H,4-7H2,1-3H3,(H,15,19). The number of aliphatic hydroxyl groups is 1. The monoisotopic (exact) mass is 359 g/mol. The van der Waals surface area contributed by atoms with E-state index in [9.17, 15) is 23.3 Å². The van der Waals surface area contributed by atoms with Gasteiger partial charge in [0.1, 0.15) is 5.56 Å². The fourth-order valence-electron chi connectivity index (χ4n) is 2.26. The van der Waals surface area contributed by atoms with Crippen molar-refractivity contribution in [2.75, 3.05) is 37.4 Å². The minimum atomic E-state index is -3.73. The molecule has 0 saturated carbocycles. The molecule has 24 heavy (non-hydrogen) atoms. The highest BCUT2D eigenvalue weighted by molar-refractivity contribution is 7.90. The summed E-state index contributed by atoms with van der Waals surface area (Å²) in [6, 6.07) is 2.13. The molecule has 0 fully saturated rings. The number of nitro benzene ring substituents is 1. The molecule has 0 bridgehead atoms. The molecule has 0 spiro atoms. The quantitative estimate of drug-likeness (QED) is 0.512. The third-order valence-corrected chi connectivity index (χ3v) is 4.55. The van der Waals surface area contributed by atoms with E-state index in [-0.39, 0.29) is 29.3 Å². The predicted octanol–water partition coefficient (Wildman–Crippen LogP) is 0.567. The second-order valence-electron chi connectivity index (χ2n) is 5.02. The number of anilines is 1. The zero-order valence-corrected chi connectivity index (χ0v) is 14.6. The van der Waals surface area contributed by atoms with Gasteiger partial charge in [0.2, 0.25) is 0 Å². The highest BCUT2D eigenvalue weighted by Crippen LogP contribution is 2.33. The minimum absolute atomic E-state index is 0.0651. The number of aliphatic hydroxyl groups excluding tert-OH is 1. The van der Waals surface area contributed by atoms with Crippen LogP contribution in [0.3, 0.4) is 0 Å². The molecule has 9 nitrogen and oxygen atoms in total. The molecule has 0 unspecified atom stereocenters. The highest BCUT2D eigenvalue weighted by Gasteiger charge is 2.28. The Morgan fingerprint density at radius 2 is 1.92 bits per heavy atom. The maximum atomic E-state index is 12.1. The summed E-state index contributed by atoms with van der Waals surface area (Å²) in [5, 5.41) is 22.4. The van der Waals surface area contributed by atoms with Crippen LogP contribution in [0.2, 0.25) is 0 Å². The first-order chi connectivity index (χ1) is 11.2. The number of carbonyl (C=O) groups is 1. The van der Waals surface area contributed by atoms with Crippen molar-refractivity contribution < 1.29 is 23.2 Å². The molecular formula is C14H21N3O6S. The molecule has 134 valence electrons. The first-order valence-corrected chi connectivity index (χ1v) is 9.22. The zero-order valence-electron chi connectivity index (χ0n) is 13.8. The molecule has 2 N–H and O–H groups in total. The van der Waals surface area contributed by atoms with Crippen molar-refractivity contribution >= 4 is 27.1 Å². The molecule has 0 aliphatic heterocycles. The van der Waals surface area contributed by atoms with Crippen molar-refractivity contribution in [3.05, 3.63) is 27.8 Å². The lowest BCUT2D eigenvalue weighted by molar-refractivity contribution is -0.385. The Morgan fingerprint density at radius 3 is 2.33 bits per heavy atom. The Bertz CT molecular complexity index is 728. The van der Waals surface area contributed by atoms with Gasteiger partial charge in [0, 0.05) is 32.0 Å². The Labute approximate surface area is 140 Å². The molecule has 0 saturated heterocycles. The summed E-state index contributed by atoms with van der Waals surface area (Å²) in [5.74, 6) is -0.746. The number of rotatable bonds is 8. The van der Waals surface area contributed by atoms with E-state index in [2.05, 4.69) is 5.32 Å². The molecule has 0 heterocycles. The lowest BCUT2D eigenvalue weighted by atomic mass is 10.1. The summed E-state index contributed by atoms with van der Waals surface area (Å²) in [6.45, 7) is 4.17. The molecule has 0 radical (unpaired) electrons. The number of nitrogens with one attached hydrogen (secondary N) is 1. The van der Waals surface area contributed by atoms with Crippen LogP contribution >= 0.6 is 0 Å². The van der Waals surface area contributed by atoms with Crippen LogP contribution in [-0.4, -0.2) is 56.9 Å². The van der Waals surface area contributed by atoms with Crippen molar-refractivity contribution in [3.63, 3.8) is 0 Å². The van der Waals surface area contributed by atoms with E-state index in [1.807, 2.05) is 13.8 Å². The average molecular weight is 359 g/mol. The normalized spacial score (nSPS) is 11.2. The molecule has 1 aromatic rings. The third-order valence-electron chi connectivity index (χ3n) is 3.42. The molecule has 0 aliphatic carbocycles. The molecule has 0 atom stereocenters. The van der Waals surface area contributed by atoms with Gasteiger partial charge in [-0.2, -0.15) is 0 Å². The summed E-state index contributed by atoms with van der Waals surface area (Å²) in [5.41, 5.74) is -0.605. The van der Waals surface area contributed by atoms with E-state index in [4.69, 9.17) is 5.11 Å². The first-order valence-electron chi connectivity index (χ1n) is 7.33. The molecule has 0 aliphatic rings. The fraction of sp³-hybridized carbons (Fsp3) is 0.500. The van der Waals surface area contributed by atoms with E-state index in [0.717, 1.165) is 12.3 Å². The van der Waals surface area contributed by atoms with Crippen molar-refractivity contribution in [1.29, 1.82) is 0 Å². The number of nitrogens with zero attached hydrogens (tertiary/aromatic N) is 2. The number of benzene rings is 1. The molecule has 1 aromatic carbocycles. The molecular weight excluding hydrogens is 338 g/mol. The fourth-order valence-corrected chi connectivity index (χ4v) is 3.16. The summed E-state index contributed by atoms with van der Waals surface area (Å²) >= 11 is 0. The SMILES string of the molecule is CCN(CC)c1cc(C(=O)NCCO)c([N+](=O)[O-])cc1S(C)(=O)=O. The van der Waals surface area contributed by atoms with Gasteiger partial charge in [-0.1, -0.05) is 0 Å². The van der Waals surface area contributed by atoms with Gasteiger partial charge < -0.3 is 15.3 Å². The number of hydrogen-bond acceptors (Lipinski definition) is 7. The van der Waals surface area contributed by atoms with Crippen LogP contribution in [0.15, 0.2) is 17.0 Å². The van der Waals surface area contributed by atoms with Crippen LogP contribution < -0.4 is 10.2 Å². The van der Waals surface area contributed by atoms with Crippen LogP contribution in [0.4, 0.5) is 11.4 Å². The summed E-state index contributed by atoms with van der Waals surface area (Å²) in [7, 11) is -3.73. The topological polar surface area (TPSA) is 130 Å². The minimum Gasteiger partial charge on any atom is -0.395 e. The largest absolute Gasteiger partial charge is 0.395 e.